The minimum atomic E-state index is -3.36. The van der Waals surface area contributed by atoms with Crippen molar-refractivity contribution in [1.82, 2.24) is 10.2 Å². The number of carbonyl (C=O) groups is 1. The average molecular weight is 433 g/mol. The maximum absolute atomic E-state index is 14.2. The van der Waals surface area contributed by atoms with Gasteiger partial charge in [-0.15, -0.1) is 5.10 Å². The lowest BCUT2D eigenvalue weighted by molar-refractivity contribution is -0.117. The number of rotatable bonds is 5. The van der Waals surface area contributed by atoms with Crippen LogP contribution in [0, 0.1) is 17.0 Å². The zero-order valence-corrected chi connectivity index (χ0v) is 16.2. The van der Waals surface area contributed by atoms with Crippen molar-refractivity contribution in [3.63, 3.8) is 0 Å². The Morgan fingerprint density at radius 2 is 2.10 bits per heavy atom. The van der Waals surface area contributed by atoms with Crippen LogP contribution in [-0.2, 0) is 4.79 Å². The predicted molar refractivity (Wildman–Crippen MR) is 98.2 cm³/mol. The van der Waals surface area contributed by atoms with E-state index >= 15 is 0 Å². The van der Waals surface area contributed by atoms with E-state index in [1.165, 1.54) is 17.2 Å². The summed E-state index contributed by atoms with van der Waals surface area (Å²) in [6, 6.07) is 2.44. The Hall–Kier alpha value is -2.62. The third kappa shape index (κ3) is 4.69. The summed E-state index contributed by atoms with van der Waals surface area (Å²) in [4.78, 5) is 14.3. The van der Waals surface area contributed by atoms with Gasteiger partial charge in [0.15, 0.2) is 16.7 Å². The largest absolute Gasteiger partial charge is 0.429 e. The standard InChI is InChI=1S/C18H17ClF4N4O2/c1-18(2)6-12(16(28)25-9-5-13(19)26-24-7-9)27(8-18)11-4-3-10(20)14(21)15(11)29-17(22)23/h3-5,7,12,17H,6,8H2,1-2H3,(H,25,26,28). The van der Waals surface area contributed by atoms with E-state index in [4.69, 9.17) is 11.6 Å². The Labute approximate surface area is 168 Å². The predicted octanol–water partition coefficient (Wildman–Crippen LogP) is 4.25. The van der Waals surface area contributed by atoms with E-state index in [2.05, 4.69) is 20.3 Å². The van der Waals surface area contributed by atoms with Crippen LogP contribution in [0.4, 0.5) is 28.9 Å². The highest BCUT2D eigenvalue weighted by Gasteiger charge is 2.43. The third-order valence-electron chi connectivity index (χ3n) is 4.46. The first kappa shape index (κ1) is 21.1. The molecule has 1 atom stereocenters. The normalized spacial score (nSPS) is 18.2. The van der Waals surface area contributed by atoms with Gasteiger partial charge >= 0.3 is 6.61 Å². The Kier molecular flexibility index (Phi) is 5.83. The Balaban J connectivity index is 1.96. The van der Waals surface area contributed by atoms with Crippen LogP contribution in [0.5, 0.6) is 5.75 Å². The molecule has 3 rings (SSSR count). The highest BCUT2D eigenvalue weighted by atomic mass is 35.5. The number of carbonyl (C=O) groups excluding carboxylic acids is 1. The molecule has 1 aliphatic rings. The second-order valence-corrected chi connectivity index (χ2v) is 7.74. The number of hydrogen-bond donors (Lipinski definition) is 1. The number of aromatic nitrogens is 2. The summed E-state index contributed by atoms with van der Waals surface area (Å²) in [6.07, 6.45) is 1.62. The Bertz CT molecular complexity index is 929. The fourth-order valence-electron chi connectivity index (χ4n) is 3.34. The van der Waals surface area contributed by atoms with Gasteiger partial charge in [-0.25, -0.2) is 4.39 Å². The fraction of sp³-hybridized carbons (Fsp3) is 0.389. The summed E-state index contributed by atoms with van der Waals surface area (Å²) >= 11 is 5.76. The number of hydrogen-bond acceptors (Lipinski definition) is 5. The molecular weight excluding hydrogens is 416 g/mol. The maximum atomic E-state index is 14.2. The monoisotopic (exact) mass is 432 g/mol. The van der Waals surface area contributed by atoms with E-state index < -0.39 is 41.4 Å². The molecule has 11 heteroatoms. The summed E-state index contributed by atoms with van der Waals surface area (Å²) in [7, 11) is 0. The molecule has 1 unspecified atom stereocenters. The van der Waals surface area contributed by atoms with Gasteiger partial charge in [-0.1, -0.05) is 25.4 Å². The zero-order chi connectivity index (χ0) is 21.3. The lowest BCUT2D eigenvalue weighted by atomic mass is 9.90. The van der Waals surface area contributed by atoms with Crippen LogP contribution in [-0.4, -0.2) is 35.3 Å². The Morgan fingerprint density at radius 1 is 1.38 bits per heavy atom. The molecule has 1 saturated heterocycles. The van der Waals surface area contributed by atoms with E-state index in [-0.39, 0.29) is 23.1 Å². The van der Waals surface area contributed by atoms with Crippen molar-refractivity contribution in [3.8, 4) is 5.75 Å². The molecule has 1 aliphatic heterocycles. The number of halogens is 5. The molecule has 1 aromatic carbocycles. The van der Waals surface area contributed by atoms with Crippen molar-refractivity contribution in [1.29, 1.82) is 0 Å². The van der Waals surface area contributed by atoms with Crippen LogP contribution in [0.25, 0.3) is 0 Å². The molecule has 0 aliphatic carbocycles. The fourth-order valence-corrected chi connectivity index (χ4v) is 3.50. The second kappa shape index (κ2) is 8.02. The number of nitrogens with one attached hydrogen (secondary N) is 1. The summed E-state index contributed by atoms with van der Waals surface area (Å²) in [5, 5.41) is 9.90. The molecule has 29 heavy (non-hydrogen) atoms. The van der Waals surface area contributed by atoms with E-state index in [0.717, 1.165) is 12.1 Å². The third-order valence-corrected chi connectivity index (χ3v) is 4.65. The van der Waals surface area contributed by atoms with Crippen LogP contribution < -0.4 is 15.0 Å². The van der Waals surface area contributed by atoms with E-state index in [9.17, 15) is 22.4 Å². The van der Waals surface area contributed by atoms with E-state index in [1.807, 2.05) is 13.8 Å². The van der Waals surface area contributed by atoms with Crippen LogP contribution in [0.1, 0.15) is 20.3 Å². The molecule has 0 saturated carbocycles. The topological polar surface area (TPSA) is 67.4 Å². The summed E-state index contributed by atoms with van der Waals surface area (Å²) in [6.45, 7) is 0.598. The van der Waals surface area contributed by atoms with Gasteiger partial charge in [-0.05, 0) is 24.0 Å². The molecule has 1 fully saturated rings. The van der Waals surface area contributed by atoms with Crippen molar-refractivity contribution in [2.45, 2.75) is 32.9 Å². The van der Waals surface area contributed by atoms with Gasteiger partial charge in [-0.3, -0.25) is 4.79 Å². The maximum Gasteiger partial charge on any atom is 0.387 e. The minimum Gasteiger partial charge on any atom is -0.429 e. The lowest BCUT2D eigenvalue weighted by Gasteiger charge is -2.28. The van der Waals surface area contributed by atoms with Gasteiger partial charge < -0.3 is 15.0 Å². The quantitative estimate of drug-likeness (QED) is 0.715. The second-order valence-electron chi connectivity index (χ2n) is 7.36. The van der Waals surface area contributed by atoms with Gasteiger partial charge in [-0.2, -0.15) is 18.3 Å². The molecule has 1 aromatic heterocycles. The van der Waals surface area contributed by atoms with Crippen molar-refractivity contribution < 1.29 is 27.1 Å². The SMILES string of the molecule is CC1(C)CC(C(=O)Nc2cnnc(Cl)c2)N(c2ccc(F)c(F)c2OC(F)F)C1. The van der Waals surface area contributed by atoms with Crippen molar-refractivity contribution in [2.24, 2.45) is 5.41 Å². The van der Waals surface area contributed by atoms with Gasteiger partial charge in [0.25, 0.3) is 0 Å². The number of ether oxygens (including phenoxy) is 1. The molecule has 0 bridgehead atoms. The van der Waals surface area contributed by atoms with E-state index in [0.29, 0.717) is 6.42 Å². The number of alkyl halides is 2. The minimum absolute atomic E-state index is 0.0691. The highest BCUT2D eigenvalue weighted by molar-refractivity contribution is 6.29. The summed E-state index contributed by atoms with van der Waals surface area (Å²) in [5.41, 5.74) is -0.266. The lowest BCUT2D eigenvalue weighted by Crippen LogP contribution is -2.40. The number of amides is 1. The van der Waals surface area contributed by atoms with Gasteiger partial charge in [0.05, 0.1) is 17.6 Å². The Morgan fingerprint density at radius 3 is 2.76 bits per heavy atom. The van der Waals surface area contributed by atoms with E-state index in [1.54, 1.807) is 0 Å². The molecule has 2 heterocycles. The van der Waals surface area contributed by atoms with Gasteiger partial charge in [0.1, 0.15) is 6.04 Å². The molecule has 2 aromatic rings. The smallest absolute Gasteiger partial charge is 0.387 e. The number of benzene rings is 1. The first-order chi connectivity index (χ1) is 13.6. The molecule has 0 radical (unpaired) electrons. The van der Waals surface area contributed by atoms with Crippen molar-refractivity contribution >= 4 is 28.9 Å². The summed E-state index contributed by atoms with van der Waals surface area (Å²) in [5.74, 6) is -4.31. The molecule has 1 amide bonds. The van der Waals surface area contributed by atoms with Crippen LogP contribution >= 0.6 is 11.6 Å². The first-order valence-electron chi connectivity index (χ1n) is 8.56. The molecule has 0 spiro atoms. The van der Waals surface area contributed by atoms with Gasteiger partial charge in [0, 0.05) is 12.6 Å². The average Bonchev–Trinajstić information content (AvgIpc) is 2.94. The molecular formula is C18H17ClF4N4O2. The zero-order valence-electron chi connectivity index (χ0n) is 15.4. The van der Waals surface area contributed by atoms with Gasteiger partial charge in [0.2, 0.25) is 11.7 Å². The number of anilines is 2. The molecule has 156 valence electrons. The van der Waals surface area contributed by atoms with Crippen LogP contribution in [0.2, 0.25) is 5.15 Å². The molecule has 1 N–H and O–H groups in total. The summed E-state index contributed by atoms with van der Waals surface area (Å²) < 4.78 is 57.6. The number of nitrogens with zero attached hydrogens (tertiary/aromatic N) is 3. The van der Waals surface area contributed by atoms with Crippen LogP contribution in [0.15, 0.2) is 24.4 Å². The van der Waals surface area contributed by atoms with Crippen molar-refractivity contribution in [2.75, 3.05) is 16.8 Å². The van der Waals surface area contributed by atoms with Crippen molar-refractivity contribution in [3.05, 3.63) is 41.2 Å². The van der Waals surface area contributed by atoms with Crippen LogP contribution in [0.3, 0.4) is 0 Å². The first-order valence-corrected chi connectivity index (χ1v) is 8.94. The molecule has 6 nitrogen and oxygen atoms in total. The highest BCUT2D eigenvalue weighted by Crippen LogP contribution is 2.43.